The van der Waals surface area contributed by atoms with Crippen LogP contribution in [0.3, 0.4) is 0 Å². The van der Waals surface area contributed by atoms with Gasteiger partial charge in [-0.3, -0.25) is 22.5 Å². The second kappa shape index (κ2) is 21.1. The van der Waals surface area contributed by atoms with Gasteiger partial charge in [-0.1, -0.05) is 0 Å². The Morgan fingerprint density at radius 1 is 1.00 bits per heavy atom. The molecule has 0 saturated heterocycles. The smallest absolute Gasteiger partial charge is 0.00150 e. The van der Waals surface area contributed by atoms with Gasteiger partial charge < -0.3 is 0 Å². The molecule has 4 nitrogen and oxygen atoms in total. The van der Waals surface area contributed by atoms with Crippen LogP contribution in [0.1, 0.15) is 0 Å². The minimum absolute atomic E-state index is 1.82. The molecule has 6 heavy (non-hydrogen) atoms. The largest absolute Gasteiger partial charge is 0.274 e. The molecule has 0 aliphatic carbocycles. The van der Waals surface area contributed by atoms with E-state index in [2.05, 4.69) is 22.5 Å². The zero-order valence-corrected chi connectivity index (χ0v) is 4.15. The van der Waals surface area contributed by atoms with E-state index >= 15 is 0 Å². The van der Waals surface area contributed by atoms with Crippen molar-refractivity contribution in [1.82, 2.24) is 10.9 Å². The van der Waals surface area contributed by atoms with Gasteiger partial charge >= 0.3 is 0 Å². The molecule has 40 valence electrons. The predicted molar refractivity (Wildman–Crippen MR) is 26.5 cm³/mol. The predicted octanol–water partition coefficient (Wildman–Crippen LogP) is -1.84. The van der Waals surface area contributed by atoms with Crippen LogP contribution in [0.15, 0.2) is 0 Å². The quantitative estimate of drug-likeness (QED) is 0.226. The fourth-order valence-corrected chi connectivity index (χ4v) is 0. The Morgan fingerprint density at radius 2 is 1.17 bits per heavy atom. The Kier molecular flexibility index (Phi) is 32.6. The molecule has 0 spiro atoms. The van der Waals surface area contributed by atoms with Gasteiger partial charge in [0.15, 0.2) is 0 Å². The lowest BCUT2D eigenvalue weighted by Gasteiger charge is -1.81. The molecule has 0 aromatic heterocycles. The number of hydrogen-bond donors (Lipinski definition) is 4. The summed E-state index contributed by atoms with van der Waals surface area (Å²) in [6.07, 6.45) is 0. The molecule has 0 fully saturated rings. The van der Waals surface area contributed by atoms with Crippen molar-refractivity contribution in [1.29, 1.82) is 0 Å². The van der Waals surface area contributed by atoms with E-state index in [0.29, 0.717) is 0 Å². The molecule has 0 unspecified atom stereocenters. The van der Waals surface area contributed by atoms with Crippen LogP contribution in [0, 0.1) is 0 Å². The molecule has 4 heteroatoms. The first-order valence-electron chi connectivity index (χ1n) is 1.58. The Labute approximate surface area is 37.8 Å². The summed E-state index contributed by atoms with van der Waals surface area (Å²) in [5.74, 6) is 8.00. The van der Waals surface area contributed by atoms with E-state index in [1.165, 1.54) is 0 Å². The van der Waals surface area contributed by atoms with Gasteiger partial charge in [0.25, 0.3) is 0 Å². The SMILES string of the molecule is CNNC.NN. The van der Waals surface area contributed by atoms with Gasteiger partial charge in [-0.15, -0.1) is 0 Å². The number of hydrazine groups is 2. The Morgan fingerprint density at radius 3 is 1.17 bits per heavy atom. The Bertz CT molecular complexity index is 7.51. The monoisotopic (exact) mass is 92.1 g/mol. The van der Waals surface area contributed by atoms with E-state index in [4.69, 9.17) is 0 Å². The van der Waals surface area contributed by atoms with E-state index < -0.39 is 0 Å². The molecule has 0 aromatic carbocycles. The molecule has 0 saturated carbocycles. The van der Waals surface area contributed by atoms with Gasteiger partial charge in [0, 0.05) is 0 Å². The van der Waals surface area contributed by atoms with E-state index in [1.54, 1.807) is 0 Å². The fourth-order valence-electron chi connectivity index (χ4n) is 0. The molecule has 0 aliphatic heterocycles. The maximum absolute atomic E-state index is 4.00. The third kappa shape index (κ3) is 43.9. The van der Waals surface area contributed by atoms with Crippen molar-refractivity contribution in [2.45, 2.75) is 0 Å². The zero-order valence-electron chi connectivity index (χ0n) is 4.15. The fraction of sp³-hybridized carbons (Fsp3) is 1.00. The summed E-state index contributed by atoms with van der Waals surface area (Å²) in [6.45, 7) is 0. The maximum atomic E-state index is 4.00. The number of rotatable bonds is 1. The first-order valence-corrected chi connectivity index (χ1v) is 1.58. The van der Waals surface area contributed by atoms with Gasteiger partial charge in [0.05, 0.1) is 0 Å². The minimum Gasteiger partial charge on any atom is -0.274 e. The van der Waals surface area contributed by atoms with Crippen LogP contribution in [0.2, 0.25) is 0 Å². The number of nitrogens with one attached hydrogen (secondary N) is 2. The van der Waals surface area contributed by atoms with Crippen molar-refractivity contribution >= 4 is 0 Å². The lowest BCUT2D eigenvalue weighted by molar-refractivity contribution is 0.689. The standard InChI is InChI=1S/C2H8N2.H4N2/c1-3-4-2;1-2/h3-4H,1-2H3;1-2H2. The first-order chi connectivity index (χ1) is 2.91. The normalized spacial score (nSPS) is 6.00. The van der Waals surface area contributed by atoms with Crippen LogP contribution in [0.4, 0.5) is 0 Å². The van der Waals surface area contributed by atoms with E-state index in [0.717, 1.165) is 0 Å². The summed E-state index contributed by atoms with van der Waals surface area (Å²) in [5.41, 5.74) is 5.36. The molecule has 0 aliphatic rings. The van der Waals surface area contributed by atoms with Crippen LogP contribution < -0.4 is 22.5 Å². The van der Waals surface area contributed by atoms with Gasteiger partial charge in [-0.2, -0.15) is 0 Å². The molecule has 0 amide bonds. The Balaban J connectivity index is 0. The highest BCUT2D eigenvalue weighted by molar-refractivity contribution is 3.99. The Hall–Kier alpha value is -0.160. The van der Waals surface area contributed by atoms with Crippen LogP contribution in [-0.2, 0) is 0 Å². The van der Waals surface area contributed by atoms with Crippen LogP contribution in [0.25, 0.3) is 0 Å². The summed E-state index contributed by atoms with van der Waals surface area (Å²) in [5, 5.41) is 0. The molecule has 0 radical (unpaired) electrons. The van der Waals surface area contributed by atoms with Crippen molar-refractivity contribution in [3.63, 3.8) is 0 Å². The van der Waals surface area contributed by atoms with Crippen LogP contribution in [-0.4, -0.2) is 14.1 Å². The highest BCUT2D eigenvalue weighted by atomic mass is 15.3. The third-order valence-electron chi connectivity index (χ3n) is 0.250. The van der Waals surface area contributed by atoms with Gasteiger partial charge in [-0.05, 0) is 14.1 Å². The topological polar surface area (TPSA) is 76.1 Å². The average Bonchev–Trinajstić information content (AvgIpc) is 1.72. The summed E-state index contributed by atoms with van der Waals surface area (Å²) >= 11 is 0. The van der Waals surface area contributed by atoms with E-state index in [-0.39, 0.29) is 0 Å². The molecular weight excluding hydrogens is 80.1 g/mol. The summed E-state index contributed by atoms with van der Waals surface area (Å²) < 4.78 is 0. The molecule has 0 rings (SSSR count). The third-order valence-corrected chi connectivity index (χ3v) is 0.250. The highest BCUT2D eigenvalue weighted by Gasteiger charge is 1.44. The lowest BCUT2D eigenvalue weighted by atomic mass is 11.4. The number of nitrogens with two attached hydrogens (primary N) is 2. The maximum Gasteiger partial charge on any atom is -0.00150 e. The summed E-state index contributed by atoms with van der Waals surface area (Å²) in [7, 11) is 3.64. The van der Waals surface area contributed by atoms with E-state index in [9.17, 15) is 0 Å². The van der Waals surface area contributed by atoms with Gasteiger partial charge in [0.2, 0.25) is 0 Å². The van der Waals surface area contributed by atoms with Crippen molar-refractivity contribution < 1.29 is 0 Å². The van der Waals surface area contributed by atoms with Crippen molar-refractivity contribution in [3.05, 3.63) is 0 Å². The van der Waals surface area contributed by atoms with Crippen LogP contribution >= 0.6 is 0 Å². The minimum atomic E-state index is 1.82. The second-order valence-electron chi connectivity index (χ2n) is 0.500. The molecular formula is C2H12N4. The van der Waals surface area contributed by atoms with E-state index in [1.807, 2.05) is 14.1 Å². The van der Waals surface area contributed by atoms with Gasteiger partial charge in [0.1, 0.15) is 0 Å². The van der Waals surface area contributed by atoms with Crippen molar-refractivity contribution in [3.8, 4) is 0 Å². The highest BCUT2D eigenvalue weighted by Crippen LogP contribution is 1.07. The molecule has 0 heterocycles. The molecule has 0 aromatic rings. The van der Waals surface area contributed by atoms with Gasteiger partial charge in [-0.25, -0.2) is 0 Å². The molecule has 6 N–H and O–H groups in total. The first kappa shape index (κ1) is 9.28. The summed E-state index contributed by atoms with van der Waals surface area (Å²) in [6, 6.07) is 0. The number of hydrogen-bond acceptors (Lipinski definition) is 4. The summed E-state index contributed by atoms with van der Waals surface area (Å²) in [4.78, 5) is 0. The van der Waals surface area contributed by atoms with Crippen molar-refractivity contribution in [2.75, 3.05) is 14.1 Å². The molecule has 0 bridgehead atoms. The average molecular weight is 92.1 g/mol. The molecule has 0 atom stereocenters. The second-order valence-corrected chi connectivity index (χ2v) is 0.500. The van der Waals surface area contributed by atoms with Crippen molar-refractivity contribution in [2.24, 2.45) is 11.7 Å². The lowest BCUT2D eigenvalue weighted by Crippen LogP contribution is -2.21. The zero-order chi connectivity index (χ0) is 5.41. The van der Waals surface area contributed by atoms with Crippen LogP contribution in [0.5, 0.6) is 0 Å².